The number of aryl methyl sites for hydroxylation is 1. The van der Waals surface area contributed by atoms with Crippen molar-refractivity contribution in [3.63, 3.8) is 0 Å². The summed E-state index contributed by atoms with van der Waals surface area (Å²) in [5.41, 5.74) is 3.80. The van der Waals surface area contributed by atoms with E-state index in [9.17, 15) is 9.59 Å². The van der Waals surface area contributed by atoms with Crippen molar-refractivity contribution < 1.29 is 14.3 Å². The van der Waals surface area contributed by atoms with Gasteiger partial charge in [-0.15, -0.1) is 10.2 Å². The number of nitrogens with zero attached hydrogens (tertiary/aromatic N) is 3. The average Bonchev–Trinajstić information content (AvgIpc) is 3.23. The molecule has 2 aromatic heterocycles. The number of rotatable bonds is 8. The van der Waals surface area contributed by atoms with Crippen molar-refractivity contribution in [1.82, 2.24) is 19.9 Å². The first-order chi connectivity index (χ1) is 16.0. The molecule has 0 aliphatic heterocycles. The second-order valence-corrected chi connectivity index (χ2v) is 8.31. The van der Waals surface area contributed by atoms with Gasteiger partial charge in [-0.25, -0.2) is 0 Å². The number of amides is 2. The van der Waals surface area contributed by atoms with Gasteiger partial charge in [-0.3, -0.25) is 14.0 Å². The maximum atomic E-state index is 12.7. The number of hydrogen-bond acceptors (Lipinski definition) is 6. The Morgan fingerprint density at radius 3 is 2.73 bits per heavy atom. The number of carbonyl (C=O) groups excluding carboxylic acids is 2. The Labute approximate surface area is 195 Å². The SMILES string of the molecule is COc1cccc(CNC(=O)CSc2nnc3ccc(C(=O)Nc4cccc(C)c4)cn23)c1. The lowest BCUT2D eigenvalue weighted by atomic mass is 10.2. The molecule has 0 saturated carbocycles. The molecule has 2 heterocycles. The molecular weight excluding hydrogens is 438 g/mol. The van der Waals surface area contributed by atoms with Gasteiger partial charge in [0.05, 0.1) is 18.4 Å². The van der Waals surface area contributed by atoms with Crippen molar-refractivity contribution in [3.8, 4) is 5.75 Å². The molecular formula is C24H23N5O3S. The van der Waals surface area contributed by atoms with Gasteiger partial charge in [-0.1, -0.05) is 36.0 Å². The maximum Gasteiger partial charge on any atom is 0.257 e. The minimum atomic E-state index is -0.233. The number of hydrogen-bond donors (Lipinski definition) is 2. The molecule has 33 heavy (non-hydrogen) atoms. The van der Waals surface area contributed by atoms with Gasteiger partial charge in [0, 0.05) is 18.4 Å². The number of fused-ring (bicyclic) bond motifs is 1. The van der Waals surface area contributed by atoms with E-state index in [1.165, 1.54) is 11.8 Å². The number of carbonyl (C=O) groups is 2. The normalized spacial score (nSPS) is 10.7. The summed E-state index contributed by atoms with van der Waals surface area (Å²) < 4.78 is 6.91. The average molecular weight is 462 g/mol. The molecule has 0 spiro atoms. The Morgan fingerprint density at radius 1 is 1.06 bits per heavy atom. The Hall–Kier alpha value is -3.85. The van der Waals surface area contributed by atoms with Crippen LogP contribution in [0, 0.1) is 6.92 Å². The van der Waals surface area contributed by atoms with Gasteiger partial charge in [0.1, 0.15) is 5.75 Å². The highest BCUT2D eigenvalue weighted by atomic mass is 32.2. The Balaban J connectivity index is 1.38. The van der Waals surface area contributed by atoms with Crippen LogP contribution in [0.3, 0.4) is 0 Å². The number of benzene rings is 2. The third kappa shape index (κ3) is 5.69. The van der Waals surface area contributed by atoms with E-state index in [2.05, 4.69) is 20.8 Å². The van der Waals surface area contributed by atoms with Crippen LogP contribution in [0.1, 0.15) is 21.5 Å². The third-order valence-corrected chi connectivity index (χ3v) is 5.81. The topological polar surface area (TPSA) is 97.6 Å². The number of pyridine rings is 1. The molecule has 0 saturated heterocycles. The van der Waals surface area contributed by atoms with Gasteiger partial charge in [0.15, 0.2) is 10.8 Å². The van der Waals surface area contributed by atoms with Crippen LogP contribution in [0.15, 0.2) is 72.0 Å². The monoisotopic (exact) mass is 461 g/mol. The molecule has 2 N–H and O–H groups in total. The van der Waals surface area contributed by atoms with E-state index in [1.807, 2.05) is 55.5 Å². The van der Waals surface area contributed by atoms with Gasteiger partial charge < -0.3 is 15.4 Å². The van der Waals surface area contributed by atoms with Crippen molar-refractivity contribution in [2.75, 3.05) is 18.2 Å². The van der Waals surface area contributed by atoms with Gasteiger partial charge in [0.2, 0.25) is 5.91 Å². The third-order valence-electron chi connectivity index (χ3n) is 4.87. The summed E-state index contributed by atoms with van der Waals surface area (Å²) in [4.78, 5) is 25.0. The summed E-state index contributed by atoms with van der Waals surface area (Å²) in [6, 6.07) is 18.6. The zero-order valence-electron chi connectivity index (χ0n) is 18.2. The van der Waals surface area contributed by atoms with Crippen LogP contribution in [0.5, 0.6) is 5.75 Å². The number of methoxy groups -OCH3 is 1. The van der Waals surface area contributed by atoms with Gasteiger partial charge >= 0.3 is 0 Å². The first-order valence-corrected chi connectivity index (χ1v) is 11.3. The molecule has 0 atom stereocenters. The van der Waals surface area contributed by atoms with E-state index in [-0.39, 0.29) is 17.6 Å². The highest BCUT2D eigenvalue weighted by molar-refractivity contribution is 7.99. The van der Waals surface area contributed by atoms with Crippen LogP contribution < -0.4 is 15.4 Å². The Morgan fingerprint density at radius 2 is 1.91 bits per heavy atom. The first kappa shape index (κ1) is 22.3. The quantitative estimate of drug-likeness (QED) is 0.388. The fraction of sp³-hybridized carbons (Fsp3) is 0.167. The second-order valence-electron chi connectivity index (χ2n) is 7.37. The van der Waals surface area contributed by atoms with Gasteiger partial charge in [-0.05, 0) is 54.4 Å². The van der Waals surface area contributed by atoms with E-state index < -0.39 is 0 Å². The molecule has 0 radical (unpaired) electrons. The summed E-state index contributed by atoms with van der Waals surface area (Å²) in [5.74, 6) is 0.550. The zero-order valence-corrected chi connectivity index (χ0v) is 19.1. The predicted octanol–water partition coefficient (Wildman–Crippen LogP) is 3.71. The fourth-order valence-electron chi connectivity index (χ4n) is 3.19. The fourth-order valence-corrected chi connectivity index (χ4v) is 3.94. The van der Waals surface area contributed by atoms with Crippen LogP contribution in [-0.4, -0.2) is 39.3 Å². The number of aromatic nitrogens is 3. The van der Waals surface area contributed by atoms with Crippen molar-refractivity contribution in [2.24, 2.45) is 0 Å². The van der Waals surface area contributed by atoms with Crippen molar-refractivity contribution in [1.29, 1.82) is 0 Å². The van der Waals surface area contributed by atoms with Crippen molar-refractivity contribution in [2.45, 2.75) is 18.6 Å². The van der Waals surface area contributed by atoms with Crippen LogP contribution in [-0.2, 0) is 11.3 Å². The lowest BCUT2D eigenvalue weighted by Gasteiger charge is -2.08. The van der Waals surface area contributed by atoms with Crippen LogP contribution in [0.2, 0.25) is 0 Å². The second kappa shape index (κ2) is 10.2. The molecule has 0 aliphatic carbocycles. The summed E-state index contributed by atoms with van der Waals surface area (Å²) in [6.07, 6.45) is 1.68. The molecule has 0 unspecified atom stereocenters. The summed E-state index contributed by atoms with van der Waals surface area (Å²) >= 11 is 1.25. The molecule has 0 bridgehead atoms. The molecule has 4 aromatic rings. The molecule has 8 nitrogen and oxygen atoms in total. The molecule has 2 amide bonds. The maximum absolute atomic E-state index is 12.7. The molecule has 9 heteroatoms. The minimum absolute atomic E-state index is 0.132. The van der Waals surface area contributed by atoms with Crippen molar-refractivity contribution in [3.05, 3.63) is 83.6 Å². The van der Waals surface area contributed by atoms with E-state index in [0.29, 0.717) is 22.9 Å². The first-order valence-electron chi connectivity index (χ1n) is 10.3. The lowest BCUT2D eigenvalue weighted by Crippen LogP contribution is -2.24. The van der Waals surface area contributed by atoms with Gasteiger partial charge in [-0.2, -0.15) is 0 Å². The van der Waals surface area contributed by atoms with Crippen molar-refractivity contribution >= 4 is 34.9 Å². The minimum Gasteiger partial charge on any atom is -0.497 e. The molecule has 2 aromatic carbocycles. The Kier molecular flexibility index (Phi) is 6.89. The number of ether oxygens (including phenoxy) is 1. The number of anilines is 1. The molecule has 4 rings (SSSR count). The highest BCUT2D eigenvalue weighted by Crippen LogP contribution is 2.19. The smallest absolute Gasteiger partial charge is 0.257 e. The zero-order chi connectivity index (χ0) is 23.2. The molecule has 0 aliphatic rings. The van der Waals surface area contributed by atoms with Crippen LogP contribution in [0.25, 0.3) is 5.65 Å². The van der Waals surface area contributed by atoms with Gasteiger partial charge in [0.25, 0.3) is 5.91 Å². The largest absolute Gasteiger partial charge is 0.497 e. The predicted molar refractivity (Wildman–Crippen MR) is 128 cm³/mol. The lowest BCUT2D eigenvalue weighted by molar-refractivity contribution is -0.118. The summed E-state index contributed by atoms with van der Waals surface area (Å²) in [5, 5.41) is 14.6. The van der Waals surface area contributed by atoms with E-state index in [4.69, 9.17) is 4.74 Å². The standard InChI is InChI=1S/C24H23N5O3S/c1-16-5-3-7-19(11-16)26-23(31)18-9-10-21-27-28-24(29(21)14-18)33-15-22(30)25-13-17-6-4-8-20(12-17)32-2/h3-12,14H,13,15H2,1-2H3,(H,25,30)(H,26,31). The molecule has 168 valence electrons. The Bertz CT molecular complexity index is 1300. The van der Waals surface area contributed by atoms with Crippen LogP contribution >= 0.6 is 11.8 Å². The number of thioether (sulfide) groups is 1. The highest BCUT2D eigenvalue weighted by Gasteiger charge is 2.13. The van der Waals surface area contributed by atoms with E-state index >= 15 is 0 Å². The van der Waals surface area contributed by atoms with E-state index in [0.717, 1.165) is 22.6 Å². The summed E-state index contributed by atoms with van der Waals surface area (Å²) in [7, 11) is 1.61. The number of nitrogens with one attached hydrogen (secondary N) is 2. The molecule has 0 fully saturated rings. The van der Waals surface area contributed by atoms with E-state index in [1.54, 1.807) is 29.8 Å². The summed E-state index contributed by atoms with van der Waals surface area (Å²) in [6.45, 7) is 2.37. The van der Waals surface area contributed by atoms with Crippen LogP contribution in [0.4, 0.5) is 5.69 Å².